The van der Waals surface area contributed by atoms with Crippen LogP contribution in [0.4, 0.5) is 0 Å². The number of aliphatic hydroxyl groups is 11. The Kier molecular flexibility index (Phi) is 44.8. The molecule has 17 atom stereocenters. The normalized spacial score (nSPS) is 29.1. The van der Waals surface area contributed by atoms with Crippen molar-refractivity contribution < 1.29 is 89.4 Å². The van der Waals surface area contributed by atoms with E-state index in [1.165, 1.54) is 154 Å². The molecule has 3 aliphatic rings. The van der Waals surface area contributed by atoms with E-state index in [2.05, 4.69) is 55.6 Å². The van der Waals surface area contributed by atoms with E-state index in [-0.39, 0.29) is 18.9 Å². The van der Waals surface area contributed by atoms with Crippen molar-refractivity contribution in [1.29, 1.82) is 0 Å². The minimum Gasteiger partial charge on any atom is -0.394 e. The molecule has 502 valence electrons. The third-order valence-corrected chi connectivity index (χ3v) is 16.8. The van der Waals surface area contributed by atoms with E-state index in [9.17, 15) is 61.0 Å². The summed E-state index contributed by atoms with van der Waals surface area (Å²) in [4.78, 5) is 13.3. The second-order valence-corrected chi connectivity index (χ2v) is 24.3. The SMILES string of the molecule is CCCC/C=C/CC/C=C/C(O)C(COC1OC(CO)C(OC2OC(CO)C(OC3OC(CO)C(O)C(O)C3O)C(O)C2O)C(O)C1O)NC(=O)CCCCCCCCCCCCCCCCCCCCCCC/C=C\C/C=C\CCCCCCC. The number of aliphatic hydroxyl groups excluding tert-OH is 11. The van der Waals surface area contributed by atoms with Crippen LogP contribution in [-0.4, -0.2) is 193 Å². The van der Waals surface area contributed by atoms with Crippen LogP contribution in [0.25, 0.3) is 0 Å². The highest BCUT2D eigenvalue weighted by molar-refractivity contribution is 5.76. The van der Waals surface area contributed by atoms with Gasteiger partial charge in [0, 0.05) is 6.42 Å². The summed E-state index contributed by atoms with van der Waals surface area (Å²) < 4.78 is 34.2. The van der Waals surface area contributed by atoms with Gasteiger partial charge in [0.2, 0.25) is 5.91 Å². The molecule has 3 rings (SSSR count). The van der Waals surface area contributed by atoms with Crippen molar-refractivity contribution in [3.8, 4) is 0 Å². The van der Waals surface area contributed by atoms with Gasteiger partial charge in [0.1, 0.15) is 73.2 Å². The number of ether oxygens (including phenoxy) is 6. The Morgan fingerprint density at radius 2 is 0.791 bits per heavy atom. The number of amides is 1. The number of hydrogen-bond donors (Lipinski definition) is 12. The van der Waals surface area contributed by atoms with Crippen LogP contribution in [0.1, 0.15) is 239 Å². The van der Waals surface area contributed by atoms with Crippen LogP contribution < -0.4 is 5.32 Å². The summed E-state index contributed by atoms with van der Waals surface area (Å²) >= 11 is 0. The molecule has 0 aliphatic carbocycles. The average Bonchev–Trinajstić information content (AvgIpc) is 1.41. The third kappa shape index (κ3) is 31.7. The third-order valence-electron chi connectivity index (χ3n) is 16.8. The molecule has 19 heteroatoms. The second-order valence-electron chi connectivity index (χ2n) is 24.3. The Hall–Kier alpha value is -2.25. The van der Waals surface area contributed by atoms with Gasteiger partial charge in [0.25, 0.3) is 0 Å². The van der Waals surface area contributed by atoms with Crippen LogP contribution in [0.2, 0.25) is 0 Å². The lowest BCUT2D eigenvalue weighted by Gasteiger charge is -2.48. The largest absolute Gasteiger partial charge is 0.394 e. The summed E-state index contributed by atoms with van der Waals surface area (Å²) in [5, 5.41) is 120. The number of carbonyl (C=O) groups is 1. The first-order valence-corrected chi connectivity index (χ1v) is 33.9. The standard InChI is InChI=1S/C67H121NO18/c1-3-5-7-9-11-13-14-15-16-17-18-19-20-21-22-23-24-25-26-27-28-29-30-31-32-33-34-35-36-37-39-41-43-45-55(73)68-50(51(72)44-42-40-38-12-10-8-6-4-2)49-81-65-61(79)58(76)63(53(47-70)83-65)86-67-62(80)59(77)64(54(48-71)84-67)85-66-60(78)57(75)56(74)52(46-69)82-66/h10,12,14-15,17-18,42,44,50-54,56-67,69-72,74-80H,3-9,11,13,16,19-41,43,45-49H2,1-2H3,(H,68,73)/b12-10+,15-14-,18-17-,44-42+. The van der Waals surface area contributed by atoms with E-state index in [4.69, 9.17) is 28.4 Å². The molecule has 12 N–H and O–H groups in total. The lowest BCUT2D eigenvalue weighted by molar-refractivity contribution is -0.379. The summed E-state index contributed by atoms with van der Waals surface area (Å²) in [5.74, 6) is -0.287. The maximum atomic E-state index is 13.3. The number of unbranched alkanes of at least 4 members (excludes halogenated alkanes) is 29. The number of allylic oxidation sites excluding steroid dienone is 7. The molecule has 3 heterocycles. The molecule has 0 aromatic rings. The van der Waals surface area contributed by atoms with Crippen LogP contribution in [0.3, 0.4) is 0 Å². The summed E-state index contributed by atoms with van der Waals surface area (Å²) in [5.41, 5.74) is 0. The van der Waals surface area contributed by atoms with Gasteiger partial charge in [-0.2, -0.15) is 0 Å². The lowest BCUT2D eigenvalue weighted by atomic mass is 9.96. The Labute approximate surface area is 516 Å². The fraction of sp³-hybridized carbons (Fsp3) is 0.866. The topological polar surface area (TPSA) is 307 Å². The average molecular weight is 1230 g/mol. The van der Waals surface area contributed by atoms with Crippen molar-refractivity contribution in [3.63, 3.8) is 0 Å². The zero-order chi connectivity index (χ0) is 62.6. The van der Waals surface area contributed by atoms with Gasteiger partial charge < -0.3 is 89.9 Å². The van der Waals surface area contributed by atoms with Crippen LogP contribution in [0.5, 0.6) is 0 Å². The smallest absolute Gasteiger partial charge is 0.220 e. The summed E-state index contributed by atoms with van der Waals surface area (Å²) in [7, 11) is 0. The van der Waals surface area contributed by atoms with Crippen molar-refractivity contribution in [2.45, 2.75) is 343 Å². The number of hydrogen-bond acceptors (Lipinski definition) is 18. The fourth-order valence-electron chi connectivity index (χ4n) is 11.3. The van der Waals surface area contributed by atoms with Gasteiger partial charge >= 0.3 is 0 Å². The Balaban J connectivity index is 1.31. The van der Waals surface area contributed by atoms with Crippen molar-refractivity contribution in [1.82, 2.24) is 5.32 Å². The number of nitrogens with one attached hydrogen (secondary N) is 1. The van der Waals surface area contributed by atoms with E-state index in [1.54, 1.807) is 6.08 Å². The van der Waals surface area contributed by atoms with Gasteiger partial charge in [0.15, 0.2) is 18.9 Å². The van der Waals surface area contributed by atoms with Gasteiger partial charge in [-0.1, -0.05) is 223 Å². The van der Waals surface area contributed by atoms with Gasteiger partial charge in [-0.05, 0) is 57.8 Å². The van der Waals surface area contributed by atoms with E-state index in [0.29, 0.717) is 12.8 Å². The van der Waals surface area contributed by atoms with E-state index in [0.717, 1.165) is 51.4 Å². The van der Waals surface area contributed by atoms with Crippen LogP contribution in [-0.2, 0) is 33.2 Å². The molecule has 0 aromatic carbocycles. The highest BCUT2D eigenvalue weighted by atomic mass is 16.8. The van der Waals surface area contributed by atoms with Crippen molar-refractivity contribution in [3.05, 3.63) is 48.6 Å². The zero-order valence-corrected chi connectivity index (χ0v) is 52.8. The van der Waals surface area contributed by atoms with Crippen LogP contribution in [0.15, 0.2) is 48.6 Å². The van der Waals surface area contributed by atoms with E-state index in [1.807, 2.05) is 6.08 Å². The Morgan fingerprint density at radius 3 is 1.27 bits per heavy atom. The van der Waals surface area contributed by atoms with Crippen LogP contribution >= 0.6 is 0 Å². The molecular formula is C67H121NO18. The first kappa shape index (κ1) is 78.0. The maximum absolute atomic E-state index is 13.3. The molecule has 3 saturated heterocycles. The summed E-state index contributed by atoms with van der Waals surface area (Å²) in [6.45, 7) is 1.61. The summed E-state index contributed by atoms with van der Waals surface area (Å²) in [6.07, 6.45) is 31.6. The second kappa shape index (κ2) is 49.5. The molecule has 0 spiro atoms. The Morgan fingerprint density at radius 1 is 0.419 bits per heavy atom. The maximum Gasteiger partial charge on any atom is 0.220 e. The molecule has 0 saturated carbocycles. The van der Waals surface area contributed by atoms with Gasteiger partial charge in [0.05, 0.1) is 38.6 Å². The van der Waals surface area contributed by atoms with Gasteiger partial charge in [-0.15, -0.1) is 0 Å². The molecule has 86 heavy (non-hydrogen) atoms. The lowest BCUT2D eigenvalue weighted by Crippen LogP contribution is -2.66. The Bertz CT molecular complexity index is 1750. The van der Waals surface area contributed by atoms with Crippen molar-refractivity contribution in [2.75, 3.05) is 26.4 Å². The molecule has 17 unspecified atom stereocenters. The molecule has 0 radical (unpaired) electrons. The predicted molar refractivity (Wildman–Crippen MR) is 332 cm³/mol. The fourth-order valence-corrected chi connectivity index (χ4v) is 11.3. The molecule has 1 amide bonds. The van der Waals surface area contributed by atoms with Crippen molar-refractivity contribution in [2.24, 2.45) is 0 Å². The highest BCUT2D eigenvalue weighted by Gasteiger charge is 2.53. The molecule has 3 fully saturated rings. The number of carbonyl (C=O) groups excluding carboxylic acids is 1. The van der Waals surface area contributed by atoms with Gasteiger partial charge in [-0.25, -0.2) is 0 Å². The monoisotopic (exact) mass is 1230 g/mol. The molecule has 0 aromatic heterocycles. The molecular weight excluding hydrogens is 1110 g/mol. The number of rotatable bonds is 51. The molecule has 3 aliphatic heterocycles. The first-order chi connectivity index (χ1) is 41.8. The predicted octanol–water partition coefficient (Wildman–Crippen LogP) is 8.22. The van der Waals surface area contributed by atoms with Crippen LogP contribution in [0, 0.1) is 0 Å². The minimum atomic E-state index is -1.98. The molecule has 19 nitrogen and oxygen atoms in total. The minimum absolute atomic E-state index is 0.237. The summed E-state index contributed by atoms with van der Waals surface area (Å²) in [6, 6.07) is -0.986. The zero-order valence-electron chi connectivity index (χ0n) is 52.8. The van der Waals surface area contributed by atoms with E-state index < -0.39 is 124 Å². The van der Waals surface area contributed by atoms with Gasteiger partial charge in [-0.3, -0.25) is 4.79 Å². The first-order valence-electron chi connectivity index (χ1n) is 33.9. The van der Waals surface area contributed by atoms with E-state index >= 15 is 0 Å². The molecule has 0 bridgehead atoms. The quantitative estimate of drug-likeness (QED) is 0.0202. The highest BCUT2D eigenvalue weighted by Crippen LogP contribution is 2.33. The van der Waals surface area contributed by atoms with Crippen molar-refractivity contribution >= 4 is 5.91 Å².